The lowest BCUT2D eigenvalue weighted by molar-refractivity contribution is 0.527. The van der Waals surface area contributed by atoms with Gasteiger partial charge in [0.1, 0.15) is 6.07 Å². The molecule has 0 aromatic heterocycles. The van der Waals surface area contributed by atoms with Gasteiger partial charge in [-0.15, -0.1) is 0 Å². The van der Waals surface area contributed by atoms with Crippen LogP contribution in [0, 0.1) is 17.2 Å². The average molecular weight is 251 g/mol. The van der Waals surface area contributed by atoms with E-state index in [-0.39, 0.29) is 0 Å². The van der Waals surface area contributed by atoms with Crippen molar-refractivity contribution in [3.05, 3.63) is 28.8 Å². The molecule has 0 spiro atoms. The molecule has 17 heavy (non-hydrogen) atoms. The minimum atomic E-state index is 0.366. The van der Waals surface area contributed by atoms with Crippen LogP contribution >= 0.6 is 11.6 Å². The molecule has 0 heterocycles. The second kappa shape index (κ2) is 6.51. The number of nitrogens with zero attached hydrogens (tertiary/aromatic N) is 1. The van der Waals surface area contributed by atoms with Crippen molar-refractivity contribution in [1.29, 1.82) is 5.26 Å². The smallest absolute Gasteiger partial charge is 0.101 e. The summed E-state index contributed by atoms with van der Waals surface area (Å²) in [6.45, 7) is 6.57. The van der Waals surface area contributed by atoms with Gasteiger partial charge in [-0.3, -0.25) is 0 Å². The van der Waals surface area contributed by atoms with Gasteiger partial charge < -0.3 is 5.32 Å². The zero-order valence-corrected chi connectivity index (χ0v) is 11.4. The summed E-state index contributed by atoms with van der Waals surface area (Å²) in [6, 6.07) is 7.89. The lowest BCUT2D eigenvalue weighted by Crippen LogP contribution is -2.16. The van der Waals surface area contributed by atoms with Crippen molar-refractivity contribution in [2.24, 2.45) is 5.92 Å². The molecular weight excluding hydrogens is 232 g/mol. The maximum Gasteiger partial charge on any atom is 0.101 e. The number of nitrogens with one attached hydrogen (secondary N) is 1. The highest BCUT2D eigenvalue weighted by Crippen LogP contribution is 2.21. The Hall–Kier alpha value is -1.20. The fourth-order valence-electron chi connectivity index (χ4n) is 1.66. The first-order valence-corrected chi connectivity index (χ1v) is 6.37. The standard InChI is InChI=1S/C14H19ClN2/c1-10(2)4-5-11(3)17-14-7-6-13(15)8-12(14)9-16/h6-8,10-11,17H,4-5H2,1-3H3. The number of rotatable bonds is 5. The minimum Gasteiger partial charge on any atom is -0.382 e. The summed E-state index contributed by atoms with van der Waals surface area (Å²) in [6.07, 6.45) is 2.29. The molecule has 0 aliphatic carbocycles. The van der Waals surface area contributed by atoms with Crippen LogP contribution in [0.1, 0.15) is 39.2 Å². The third kappa shape index (κ3) is 4.66. The highest BCUT2D eigenvalue weighted by atomic mass is 35.5. The lowest BCUT2D eigenvalue weighted by atomic mass is 10.0. The van der Waals surface area contributed by atoms with E-state index in [2.05, 4.69) is 32.2 Å². The fourth-order valence-corrected chi connectivity index (χ4v) is 1.83. The molecule has 1 aromatic rings. The first-order valence-electron chi connectivity index (χ1n) is 5.99. The van der Waals surface area contributed by atoms with Crippen LogP contribution in [0.5, 0.6) is 0 Å². The number of hydrogen-bond acceptors (Lipinski definition) is 2. The second-order valence-corrected chi connectivity index (χ2v) is 5.25. The SMILES string of the molecule is CC(C)CCC(C)Nc1ccc(Cl)cc1C#N. The summed E-state index contributed by atoms with van der Waals surface area (Å²) >= 11 is 5.86. The molecule has 0 radical (unpaired) electrons. The Labute approximate surface area is 109 Å². The Kier molecular flexibility index (Phi) is 5.31. The Bertz CT molecular complexity index is 407. The number of anilines is 1. The fraction of sp³-hybridized carbons (Fsp3) is 0.500. The van der Waals surface area contributed by atoms with Crippen LogP contribution in [-0.4, -0.2) is 6.04 Å². The van der Waals surface area contributed by atoms with Gasteiger partial charge in [0.2, 0.25) is 0 Å². The lowest BCUT2D eigenvalue weighted by Gasteiger charge is -2.17. The summed E-state index contributed by atoms with van der Waals surface area (Å²) in [5.41, 5.74) is 1.47. The van der Waals surface area contributed by atoms with E-state index in [9.17, 15) is 0 Å². The summed E-state index contributed by atoms with van der Waals surface area (Å²) in [5, 5.41) is 13.0. The summed E-state index contributed by atoms with van der Waals surface area (Å²) in [5.74, 6) is 0.708. The monoisotopic (exact) mass is 250 g/mol. The van der Waals surface area contributed by atoms with Crippen LogP contribution in [0.4, 0.5) is 5.69 Å². The zero-order chi connectivity index (χ0) is 12.8. The highest BCUT2D eigenvalue weighted by Gasteiger charge is 2.07. The van der Waals surface area contributed by atoms with Crippen molar-refractivity contribution in [2.45, 2.75) is 39.7 Å². The molecule has 0 saturated heterocycles. The van der Waals surface area contributed by atoms with Gasteiger partial charge in [0.05, 0.1) is 11.3 Å². The van der Waals surface area contributed by atoms with Gasteiger partial charge in [0.25, 0.3) is 0 Å². The van der Waals surface area contributed by atoms with E-state index >= 15 is 0 Å². The first kappa shape index (κ1) is 13.9. The molecule has 0 amide bonds. The van der Waals surface area contributed by atoms with E-state index in [1.54, 1.807) is 12.1 Å². The van der Waals surface area contributed by atoms with Crippen molar-refractivity contribution in [3.8, 4) is 6.07 Å². The maximum atomic E-state index is 9.03. The van der Waals surface area contributed by atoms with Gasteiger partial charge in [-0.1, -0.05) is 25.4 Å². The zero-order valence-electron chi connectivity index (χ0n) is 10.6. The van der Waals surface area contributed by atoms with Gasteiger partial charge in [0, 0.05) is 11.1 Å². The molecule has 2 nitrogen and oxygen atoms in total. The molecule has 0 fully saturated rings. The predicted molar refractivity (Wildman–Crippen MR) is 73.3 cm³/mol. The van der Waals surface area contributed by atoms with Crippen LogP contribution in [0.3, 0.4) is 0 Å². The Balaban J connectivity index is 2.65. The number of hydrogen-bond donors (Lipinski definition) is 1. The minimum absolute atomic E-state index is 0.366. The van der Waals surface area contributed by atoms with E-state index in [1.807, 2.05) is 6.07 Å². The molecule has 92 valence electrons. The average Bonchev–Trinajstić information content (AvgIpc) is 2.28. The molecule has 1 rings (SSSR count). The summed E-state index contributed by atoms with van der Waals surface area (Å²) in [7, 11) is 0. The molecule has 1 unspecified atom stereocenters. The topological polar surface area (TPSA) is 35.8 Å². The molecule has 1 aromatic carbocycles. The van der Waals surface area contributed by atoms with Crippen LogP contribution in [0.2, 0.25) is 5.02 Å². The maximum absolute atomic E-state index is 9.03. The first-order chi connectivity index (χ1) is 8.02. The van der Waals surface area contributed by atoms with E-state index in [0.29, 0.717) is 22.5 Å². The number of halogens is 1. The second-order valence-electron chi connectivity index (χ2n) is 4.82. The van der Waals surface area contributed by atoms with Gasteiger partial charge in [-0.2, -0.15) is 5.26 Å². The molecule has 1 atom stereocenters. The molecule has 0 aliphatic rings. The van der Waals surface area contributed by atoms with Crippen LogP contribution in [-0.2, 0) is 0 Å². The van der Waals surface area contributed by atoms with Gasteiger partial charge in [-0.05, 0) is 43.9 Å². The molecule has 0 aliphatic heterocycles. The predicted octanol–water partition coefficient (Wildman–Crippen LogP) is 4.45. The molecule has 3 heteroatoms. The van der Waals surface area contributed by atoms with Gasteiger partial charge in [0.15, 0.2) is 0 Å². The Morgan fingerprint density at radius 1 is 1.29 bits per heavy atom. The molecule has 0 saturated carbocycles. The van der Waals surface area contributed by atoms with E-state index in [0.717, 1.165) is 12.1 Å². The van der Waals surface area contributed by atoms with Gasteiger partial charge in [-0.25, -0.2) is 0 Å². The van der Waals surface area contributed by atoms with Crippen molar-refractivity contribution in [3.63, 3.8) is 0 Å². The normalized spacial score (nSPS) is 12.2. The van der Waals surface area contributed by atoms with Gasteiger partial charge >= 0.3 is 0 Å². The molecule has 1 N–H and O–H groups in total. The van der Waals surface area contributed by atoms with Crippen molar-refractivity contribution < 1.29 is 0 Å². The quantitative estimate of drug-likeness (QED) is 0.838. The number of benzene rings is 1. The van der Waals surface area contributed by atoms with Crippen LogP contribution < -0.4 is 5.32 Å². The van der Waals surface area contributed by atoms with Crippen LogP contribution in [0.15, 0.2) is 18.2 Å². The Morgan fingerprint density at radius 2 is 2.00 bits per heavy atom. The third-order valence-electron chi connectivity index (χ3n) is 2.68. The summed E-state index contributed by atoms with van der Waals surface area (Å²) in [4.78, 5) is 0. The molecule has 0 bridgehead atoms. The number of nitriles is 1. The van der Waals surface area contributed by atoms with Crippen molar-refractivity contribution in [1.82, 2.24) is 0 Å². The largest absolute Gasteiger partial charge is 0.382 e. The van der Waals surface area contributed by atoms with E-state index < -0.39 is 0 Å². The van der Waals surface area contributed by atoms with Crippen LogP contribution in [0.25, 0.3) is 0 Å². The Morgan fingerprint density at radius 3 is 2.59 bits per heavy atom. The summed E-state index contributed by atoms with van der Waals surface area (Å²) < 4.78 is 0. The highest BCUT2D eigenvalue weighted by molar-refractivity contribution is 6.30. The molecular formula is C14H19ClN2. The van der Waals surface area contributed by atoms with Crippen molar-refractivity contribution in [2.75, 3.05) is 5.32 Å². The van der Waals surface area contributed by atoms with E-state index in [4.69, 9.17) is 16.9 Å². The third-order valence-corrected chi connectivity index (χ3v) is 2.92. The van der Waals surface area contributed by atoms with E-state index in [1.165, 1.54) is 6.42 Å². The van der Waals surface area contributed by atoms with Crippen molar-refractivity contribution >= 4 is 17.3 Å².